The van der Waals surface area contributed by atoms with Crippen LogP contribution in [-0.4, -0.2) is 5.60 Å². The largest absolute Gasteiger partial charge is 0.487 e. The van der Waals surface area contributed by atoms with Crippen molar-refractivity contribution in [2.75, 3.05) is 0 Å². The number of nitrogens with one attached hydrogen (secondary N) is 1. The van der Waals surface area contributed by atoms with Crippen LogP contribution in [0.4, 0.5) is 0 Å². The van der Waals surface area contributed by atoms with Gasteiger partial charge in [-0.25, -0.2) is 0 Å². The molecule has 0 aliphatic carbocycles. The van der Waals surface area contributed by atoms with E-state index < -0.39 is 0 Å². The molecule has 2 nitrogen and oxygen atoms in total. The Hall–Kier alpha value is -1.80. The van der Waals surface area contributed by atoms with Crippen LogP contribution < -0.4 is 10.1 Å². The van der Waals surface area contributed by atoms with Gasteiger partial charge in [-0.3, -0.25) is 0 Å². The number of para-hydroxylation sites is 1. The summed E-state index contributed by atoms with van der Waals surface area (Å²) >= 11 is 0. The molecule has 0 spiro atoms. The van der Waals surface area contributed by atoms with Gasteiger partial charge in [-0.05, 0) is 32.4 Å². The molecule has 0 amide bonds. The van der Waals surface area contributed by atoms with Crippen LogP contribution in [0.2, 0.25) is 0 Å². The van der Waals surface area contributed by atoms with Gasteiger partial charge in [-0.1, -0.05) is 48.5 Å². The highest BCUT2D eigenvalue weighted by Gasteiger charge is 2.33. The Bertz CT molecular complexity index is 606. The summed E-state index contributed by atoms with van der Waals surface area (Å²) in [5.74, 6) is 1.01. The molecule has 0 bridgehead atoms. The lowest BCUT2D eigenvalue weighted by molar-refractivity contribution is 0.0640. The Morgan fingerprint density at radius 2 is 1.71 bits per heavy atom. The molecule has 2 aromatic carbocycles. The Kier molecular flexibility index (Phi) is 3.73. The SMILES string of the molecule is C[C@H](NC1CC(C)(C)Oc2ccccc21)c1ccccc1. The Morgan fingerprint density at radius 3 is 2.48 bits per heavy atom. The van der Waals surface area contributed by atoms with Gasteiger partial charge in [-0.2, -0.15) is 0 Å². The van der Waals surface area contributed by atoms with Crippen molar-refractivity contribution in [1.82, 2.24) is 5.32 Å². The Labute approximate surface area is 127 Å². The normalized spacial score (nSPS) is 21.2. The number of benzene rings is 2. The van der Waals surface area contributed by atoms with Gasteiger partial charge in [0.1, 0.15) is 11.4 Å². The van der Waals surface area contributed by atoms with E-state index >= 15 is 0 Å². The molecule has 1 unspecified atom stereocenters. The number of hydrogen-bond donors (Lipinski definition) is 1. The van der Waals surface area contributed by atoms with E-state index in [-0.39, 0.29) is 5.60 Å². The third-order valence-electron chi connectivity index (χ3n) is 4.13. The molecule has 3 rings (SSSR count). The molecule has 1 aliphatic rings. The predicted molar refractivity (Wildman–Crippen MR) is 86.5 cm³/mol. The lowest BCUT2D eigenvalue weighted by Crippen LogP contribution is -2.40. The number of ether oxygens (including phenoxy) is 1. The van der Waals surface area contributed by atoms with Crippen LogP contribution in [0.1, 0.15) is 50.4 Å². The standard InChI is InChI=1S/C19H23NO/c1-14(15-9-5-4-6-10-15)20-17-13-19(2,3)21-18-12-8-7-11-16(17)18/h4-12,14,17,20H,13H2,1-3H3/t14-,17?/m0/s1. The number of hydrogen-bond acceptors (Lipinski definition) is 2. The molecular weight excluding hydrogens is 258 g/mol. The quantitative estimate of drug-likeness (QED) is 0.885. The third-order valence-corrected chi connectivity index (χ3v) is 4.13. The molecule has 0 saturated carbocycles. The van der Waals surface area contributed by atoms with E-state index in [2.05, 4.69) is 74.6 Å². The number of rotatable bonds is 3. The van der Waals surface area contributed by atoms with Gasteiger partial charge in [0.15, 0.2) is 0 Å². The van der Waals surface area contributed by atoms with Crippen molar-refractivity contribution in [3.8, 4) is 5.75 Å². The minimum Gasteiger partial charge on any atom is -0.487 e. The van der Waals surface area contributed by atoms with Crippen LogP contribution in [-0.2, 0) is 0 Å². The van der Waals surface area contributed by atoms with Crippen molar-refractivity contribution < 1.29 is 4.74 Å². The average Bonchev–Trinajstić information content (AvgIpc) is 2.47. The maximum absolute atomic E-state index is 6.10. The predicted octanol–water partition coefficient (Wildman–Crippen LogP) is 4.64. The van der Waals surface area contributed by atoms with E-state index in [1.54, 1.807) is 0 Å². The fourth-order valence-corrected chi connectivity index (χ4v) is 3.09. The minimum absolute atomic E-state index is 0.136. The first-order chi connectivity index (χ1) is 10.1. The molecule has 0 fully saturated rings. The highest BCUT2D eigenvalue weighted by Crippen LogP contribution is 2.40. The zero-order valence-electron chi connectivity index (χ0n) is 13.0. The Morgan fingerprint density at radius 1 is 1.05 bits per heavy atom. The van der Waals surface area contributed by atoms with Crippen LogP contribution in [0.3, 0.4) is 0 Å². The molecule has 0 aromatic heterocycles. The molecule has 0 radical (unpaired) electrons. The summed E-state index contributed by atoms with van der Waals surface area (Å²) in [7, 11) is 0. The maximum atomic E-state index is 6.10. The summed E-state index contributed by atoms with van der Waals surface area (Å²) in [4.78, 5) is 0. The molecule has 2 aromatic rings. The molecule has 2 atom stereocenters. The van der Waals surface area contributed by atoms with Crippen molar-refractivity contribution in [1.29, 1.82) is 0 Å². The third kappa shape index (κ3) is 3.11. The summed E-state index contributed by atoms with van der Waals surface area (Å²) in [6, 6.07) is 19.6. The summed E-state index contributed by atoms with van der Waals surface area (Å²) in [5.41, 5.74) is 2.45. The lowest BCUT2D eigenvalue weighted by atomic mass is 9.89. The second-order valence-electron chi connectivity index (χ2n) is 6.46. The van der Waals surface area contributed by atoms with E-state index in [0.29, 0.717) is 12.1 Å². The van der Waals surface area contributed by atoms with E-state index in [0.717, 1.165) is 12.2 Å². The van der Waals surface area contributed by atoms with Gasteiger partial charge >= 0.3 is 0 Å². The first kappa shape index (κ1) is 14.2. The van der Waals surface area contributed by atoms with Crippen LogP contribution >= 0.6 is 0 Å². The van der Waals surface area contributed by atoms with Gasteiger partial charge in [0.25, 0.3) is 0 Å². The highest BCUT2D eigenvalue weighted by molar-refractivity contribution is 5.39. The van der Waals surface area contributed by atoms with Crippen molar-refractivity contribution >= 4 is 0 Å². The highest BCUT2D eigenvalue weighted by atomic mass is 16.5. The molecule has 1 heterocycles. The summed E-state index contributed by atoms with van der Waals surface area (Å²) < 4.78 is 6.10. The molecule has 2 heteroatoms. The van der Waals surface area contributed by atoms with Gasteiger partial charge in [-0.15, -0.1) is 0 Å². The van der Waals surface area contributed by atoms with Crippen molar-refractivity contribution in [2.24, 2.45) is 0 Å². The number of fused-ring (bicyclic) bond motifs is 1. The molecule has 110 valence electrons. The minimum atomic E-state index is -0.136. The first-order valence-electron chi connectivity index (χ1n) is 7.64. The van der Waals surface area contributed by atoms with Crippen LogP contribution in [0.25, 0.3) is 0 Å². The van der Waals surface area contributed by atoms with Crippen molar-refractivity contribution in [3.63, 3.8) is 0 Å². The van der Waals surface area contributed by atoms with Crippen LogP contribution in [0.5, 0.6) is 5.75 Å². The van der Waals surface area contributed by atoms with Gasteiger partial charge in [0.05, 0.1) is 0 Å². The van der Waals surface area contributed by atoms with Crippen LogP contribution in [0.15, 0.2) is 54.6 Å². The van der Waals surface area contributed by atoms with E-state index in [1.807, 2.05) is 6.07 Å². The molecule has 1 aliphatic heterocycles. The molecule has 1 N–H and O–H groups in total. The van der Waals surface area contributed by atoms with E-state index in [9.17, 15) is 0 Å². The smallest absolute Gasteiger partial charge is 0.124 e. The molecular formula is C19H23NO. The van der Waals surface area contributed by atoms with Crippen molar-refractivity contribution in [3.05, 3.63) is 65.7 Å². The monoisotopic (exact) mass is 281 g/mol. The average molecular weight is 281 g/mol. The lowest BCUT2D eigenvalue weighted by Gasteiger charge is -2.39. The summed E-state index contributed by atoms with van der Waals surface area (Å²) in [6.07, 6.45) is 0.973. The van der Waals surface area contributed by atoms with Gasteiger partial charge in [0, 0.05) is 24.1 Å². The van der Waals surface area contributed by atoms with E-state index in [1.165, 1.54) is 11.1 Å². The van der Waals surface area contributed by atoms with Crippen molar-refractivity contribution in [2.45, 2.75) is 44.9 Å². The summed E-state index contributed by atoms with van der Waals surface area (Å²) in [6.45, 7) is 6.54. The second-order valence-corrected chi connectivity index (χ2v) is 6.46. The zero-order chi connectivity index (χ0) is 14.9. The fourth-order valence-electron chi connectivity index (χ4n) is 3.09. The van der Waals surface area contributed by atoms with Gasteiger partial charge in [0.2, 0.25) is 0 Å². The first-order valence-corrected chi connectivity index (χ1v) is 7.64. The topological polar surface area (TPSA) is 21.3 Å². The fraction of sp³-hybridized carbons (Fsp3) is 0.368. The van der Waals surface area contributed by atoms with Gasteiger partial charge < -0.3 is 10.1 Å². The van der Waals surface area contributed by atoms with E-state index in [4.69, 9.17) is 4.74 Å². The van der Waals surface area contributed by atoms with Crippen LogP contribution in [0, 0.1) is 0 Å². The second kappa shape index (κ2) is 5.53. The maximum Gasteiger partial charge on any atom is 0.124 e. The Balaban J connectivity index is 1.85. The molecule has 0 saturated heterocycles. The molecule has 21 heavy (non-hydrogen) atoms. The zero-order valence-corrected chi connectivity index (χ0v) is 13.0. The summed E-state index contributed by atoms with van der Waals surface area (Å²) in [5, 5.41) is 3.77.